The van der Waals surface area contributed by atoms with Crippen molar-refractivity contribution in [2.75, 3.05) is 19.7 Å². The Labute approximate surface area is 108 Å². The third-order valence-electron chi connectivity index (χ3n) is 3.13. The summed E-state index contributed by atoms with van der Waals surface area (Å²) in [6.07, 6.45) is 1.68. The van der Waals surface area contributed by atoms with Crippen LogP contribution in [0.25, 0.3) is 10.2 Å². The van der Waals surface area contributed by atoms with Gasteiger partial charge in [-0.25, -0.2) is 4.98 Å². The van der Waals surface area contributed by atoms with Gasteiger partial charge in [0.15, 0.2) is 0 Å². The Hall–Kier alpha value is -1.24. The highest BCUT2D eigenvalue weighted by molar-refractivity contribution is 7.17. The molecule has 0 radical (unpaired) electrons. The molecule has 1 aliphatic heterocycles. The molecule has 96 valence electrons. The van der Waals surface area contributed by atoms with Gasteiger partial charge in [-0.05, 0) is 17.9 Å². The van der Waals surface area contributed by atoms with Crippen molar-refractivity contribution >= 4 is 21.6 Å². The van der Waals surface area contributed by atoms with Gasteiger partial charge in [0.1, 0.15) is 4.70 Å². The minimum absolute atomic E-state index is 0.0345. The summed E-state index contributed by atoms with van der Waals surface area (Å²) in [6, 6.07) is 0. The lowest BCUT2D eigenvalue weighted by Crippen LogP contribution is -2.42. The first kappa shape index (κ1) is 11.8. The van der Waals surface area contributed by atoms with Crippen molar-refractivity contribution in [3.8, 4) is 0 Å². The first-order chi connectivity index (χ1) is 8.75. The number of nitrogens with zero attached hydrogens (tertiary/aromatic N) is 2. The van der Waals surface area contributed by atoms with Crippen LogP contribution in [-0.4, -0.2) is 35.4 Å². The Bertz CT molecular complexity index is 613. The molecular formula is C12H15N3O2S. The van der Waals surface area contributed by atoms with Crippen LogP contribution in [0.3, 0.4) is 0 Å². The summed E-state index contributed by atoms with van der Waals surface area (Å²) in [5.74, 6) is 0. The molecule has 0 aromatic carbocycles. The Kier molecular flexibility index (Phi) is 3.15. The number of thiophene rings is 1. The summed E-state index contributed by atoms with van der Waals surface area (Å²) < 4.78 is 7.99. The van der Waals surface area contributed by atoms with E-state index in [0.29, 0.717) is 13.2 Å². The van der Waals surface area contributed by atoms with Crippen molar-refractivity contribution in [1.82, 2.24) is 14.9 Å². The van der Waals surface area contributed by atoms with Crippen LogP contribution in [0, 0.1) is 6.92 Å². The second-order valence-corrected chi connectivity index (χ2v) is 5.38. The van der Waals surface area contributed by atoms with Crippen molar-refractivity contribution in [2.24, 2.45) is 0 Å². The zero-order valence-electron chi connectivity index (χ0n) is 10.2. The van der Waals surface area contributed by atoms with E-state index >= 15 is 0 Å². The number of aryl methyl sites for hydroxylation is 1. The fraction of sp³-hybridized carbons (Fsp3) is 0.500. The number of hydrogen-bond acceptors (Lipinski definition) is 5. The summed E-state index contributed by atoms with van der Waals surface area (Å²) in [5, 5.41) is 5.23. The summed E-state index contributed by atoms with van der Waals surface area (Å²) >= 11 is 1.46. The number of ether oxygens (including phenoxy) is 1. The molecule has 5 nitrogen and oxygen atoms in total. The molecule has 0 amide bonds. The van der Waals surface area contributed by atoms with E-state index < -0.39 is 0 Å². The van der Waals surface area contributed by atoms with Crippen molar-refractivity contribution in [2.45, 2.75) is 19.6 Å². The lowest BCUT2D eigenvalue weighted by Gasteiger charge is -2.23. The molecule has 0 bridgehead atoms. The third-order valence-corrected chi connectivity index (χ3v) is 4.20. The standard InChI is InChI=1S/C12H15N3O2S/c1-8-6-18-11-10(8)14-7-15(12(11)16)5-9-4-13-2-3-17-9/h6-7,9,13H,2-5H2,1H3. The predicted molar refractivity (Wildman–Crippen MR) is 71.2 cm³/mol. The predicted octanol–water partition coefficient (Wildman–Crippen LogP) is 0.755. The zero-order valence-corrected chi connectivity index (χ0v) is 11.0. The van der Waals surface area contributed by atoms with Crippen LogP contribution in [0.4, 0.5) is 0 Å². The van der Waals surface area contributed by atoms with Gasteiger partial charge < -0.3 is 10.1 Å². The largest absolute Gasteiger partial charge is 0.374 e. The maximum absolute atomic E-state index is 12.3. The summed E-state index contributed by atoms with van der Waals surface area (Å²) in [6.45, 7) is 4.91. The average molecular weight is 265 g/mol. The van der Waals surface area contributed by atoms with E-state index in [9.17, 15) is 4.79 Å². The van der Waals surface area contributed by atoms with E-state index in [1.54, 1.807) is 10.9 Å². The summed E-state index contributed by atoms with van der Waals surface area (Å²) in [4.78, 5) is 16.6. The van der Waals surface area contributed by atoms with E-state index in [1.165, 1.54) is 11.3 Å². The fourth-order valence-electron chi connectivity index (χ4n) is 2.15. The number of nitrogens with one attached hydrogen (secondary N) is 1. The molecule has 0 saturated carbocycles. The van der Waals surface area contributed by atoms with Gasteiger partial charge in [0.2, 0.25) is 0 Å². The summed E-state index contributed by atoms with van der Waals surface area (Å²) in [7, 11) is 0. The van der Waals surface area contributed by atoms with Gasteiger partial charge in [0, 0.05) is 13.1 Å². The van der Waals surface area contributed by atoms with E-state index in [0.717, 1.165) is 28.9 Å². The number of aromatic nitrogens is 2. The minimum atomic E-state index is 0.0345. The van der Waals surface area contributed by atoms with Gasteiger partial charge in [-0.15, -0.1) is 11.3 Å². The molecule has 3 rings (SSSR count). The van der Waals surface area contributed by atoms with Crippen LogP contribution in [0.1, 0.15) is 5.56 Å². The minimum Gasteiger partial charge on any atom is -0.374 e. The van der Waals surface area contributed by atoms with Gasteiger partial charge in [-0.1, -0.05) is 0 Å². The van der Waals surface area contributed by atoms with Crippen LogP contribution in [-0.2, 0) is 11.3 Å². The molecule has 3 heterocycles. The Morgan fingerprint density at radius 1 is 1.67 bits per heavy atom. The highest BCUT2D eigenvalue weighted by Crippen LogP contribution is 2.19. The maximum Gasteiger partial charge on any atom is 0.271 e. The van der Waals surface area contributed by atoms with Crippen LogP contribution in [0.2, 0.25) is 0 Å². The monoisotopic (exact) mass is 265 g/mol. The molecule has 2 aromatic rings. The highest BCUT2D eigenvalue weighted by atomic mass is 32.1. The molecule has 1 fully saturated rings. The van der Waals surface area contributed by atoms with Gasteiger partial charge in [0.05, 0.1) is 31.1 Å². The third kappa shape index (κ3) is 2.07. The fourth-order valence-corrected chi connectivity index (χ4v) is 3.10. The molecule has 1 unspecified atom stereocenters. The topological polar surface area (TPSA) is 56.2 Å². The van der Waals surface area contributed by atoms with E-state index in [4.69, 9.17) is 4.74 Å². The van der Waals surface area contributed by atoms with Crippen molar-refractivity contribution < 1.29 is 4.74 Å². The normalized spacial score (nSPS) is 20.4. The van der Waals surface area contributed by atoms with Crippen LogP contribution >= 0.6 is 11.3 Å². The maximum atomic E-state index is 12.3. The molecule has 6 heteroatoms. The molecule has 0 aliphatic carbocycles. The average Bonchev–Trinajstić information content (AvgIpc) is 2.77. The Morgan fingerprint density at radius 2 is 2.56 bits per heavy atom. The second kappa shape index (κ2) is 4.79. The van der Waals surface area contributed by atoms with Gasteiger partial charge >= 0.3 is 0 Å². The van der Waals surface area contributed by atoms with Gasteiger partial charge in [-0.3, -0.25) is 9.36 Å². The quantitative estimate of drug-likeness (QED) is 0.871. The number of hydrogen-bond donors (Lipinski definition) is 1. The molecule has 1 atom stereocenters. The molecule has 2 aromatic heterocycles. The smallest absolute Gasteiger partial charge is 0.271 e. The van der Waals surface area contributed by atoms with Crippen molar-refractivity contribution in [3.63, 3.8) is 0 Å². The Balaban J connectivity index is 1.92. The van der Waals surface area contributed by atoms with Crippen molar-refractivity contribution in [3.05, 3.63) is 27.6 Å². The first-order valence-corrected chi connectivity index (χ1v) is 6.89. The van der Waals surface area contributed by atoms with Crippen LogP contribution in [0.15, 0.2) is 16.5 Å². The van der Waals surface area contributed by atoms with E-state index in [-0.39, 0.29) is 11.7 Å². The lowest BCUT2D eigenvalue weighted by molar-refractivity contribution is 0.0176. The first-order valence-electron chi connectivity index (χ1n) is 6.01. The van der Waals surface area contributed by atoms with Gasteiger partial charge in [-0.2, -0.15) is 0 Å². The molecule has 1 N–H and O–H groups in total. The molecule has 0 spiro atoms. The second-order valence-electron chi connectivity index (χ2n) is 4.50. The zero-order chi connectivity index (χ0) is 12.5. The summed E-state index contributed by atoms with van der Waals surface area (Å²) in [5.41, 5.74) is 1.92. The number of fused-ring (bicyclic) bond motifs is 1. The number of rotatable bonds is 2. The molecule has 18 heavy (non-hydrogen) atoms. The molecular weight excluding hydrogens is 250 g/mol. The van der Waals surface area contributed by atoms with Gasteiger partial charge in [0.25, 0.3) is 5.56 Å². The van der Waals surface area contributed by atoms with E-state index in [2.05, 4.69) is 10.3 Å². The van der Waals surface area contributed by atoms with Crippen LogP contribution < -0.4 is 10.9 Å². The highest BCUT2D eigenvalue weighted by Gasteiger charge is 2.16. The van der Waals surface area contributed by atoms with Crippen molar-refractivity contribution in [1.29, 1.82) is 0 Å². The molecule has 1 saturated heterocycles. The molecule has 1 aliphatic rings. The SMILES string of the molecule is Cc1csc2c(=O)n(CC3CNCCO3)cnc12. The van der Waals surface area contributed by atoms with Crippen LogP contribution in [0.5, 0.6) is 0 Å². The van der Waals surface area contributed by atoms with E-state index in [1.807, 2.05) is 12.3 Å². The number of morpholine rings is 1. The lowest BCUT2D eigenvalue weighted by atomic mass is 10.3. The Morgan fingerprint density at radius 3 is 3.33 bits per heavy atom.